The minimum Gasteiger partial charge on any atom is -0.494 e. The van der Waals surface area contributed by atoms with Gasteiger partial charge in [-0.15, -0.1) is 0 Å². The topological polar surface area (TPSA) is 87.0 Å². The number of hydrogen-bond donors (Lipinski definition) is 2. The van der Waals surface area contributed by atoms with E-state index in [4.69, 9.17) is 4.74 Å². The molecule has 0 aliphatic heterocycles. The van der Waals surface area contributed by atoms with Crippen LogP contribution in [0, 0.1) is 23.0 Å². The number of halogens is 2. The Labute approximate surface area is 172 Å². The van der Waals surface area contributed by atoms with Gasteiger partial charge in [-0.3, -0.25) is 4.79 Å². The first-order valence-corrected chi connectivity index (χ1v) is 9.46. The van der Waals surface area contributed by atoms with Gasteiger partial charge in [0.1, 0.15) is 29.3 Å². The third-order valence-corrected chi connectivity index (χ3v) is 4.32. The standard InChI is InChI=1S/C22H20F2N4O2/c1-2-30-17-5-7-20-14(11-17)10-15(13-25)21(28-20)26-8-3-9-27-22(29)18-6-4-16(23)12-19(18)24/h4-7,10-12H,2-3,8-9H2,1H3,(H,26,28)(H,27,29). The number of benzene rings is 2. The molecule has 0 saturated carbocycles. The molecule has 154 valence electrons. The lowest BCUT2D eigenvalue weighted by Crippen LogP contribution is -2.26. The van der Waals surface area contributed by atoms with Crippen LogP contribution in [0.4, 0.5) is 14.6 Å². The molecule has 1 amide bonds. The van der Waals surface area contributed by atoms with Gasteiger partial charge >= 0.3 is 0 Å². The first-order valence-electron chi connectivity index (χ1n) is 9.46. The predicted molar refractivity (Wildman–Crippen MR) is 109 cm³/mol. The van der Waals surface area contributed by atoms with E-state index in [0.29, 0.717) is 42.8 Å². The lowest BCUT2D eigenvalue weighted by Gasteiger charge is -2.11. The largest absolute Gasteiger partial charge is 0.494 e. The maximum Gasteiger partial charge on any atom is 0.254 e. The van der Waals surface area contributed by atoms with Crippen molar-refractivity contribution in [2.75, 3.05) is 25.0 Å². The molecular formula is C22H20F2N4O2. The number of ether oxygens (including phenoxy) is 1. The van der Waals surface area contributed by atoms with Crippen molar-refractivity contribution in [3.8, 4) is 11.8 Å². The summed E-state index contributed by atoms with van der Waals surface area (Å²) < 4.78 is 32.0. The summed E-state index contributed by atoms with van der Waals surface area (Å²) in [6, 6.07) is 12.1. The van der Waals surface area contributed by atoms with Crippen molar-refractivity contribution in [3.05, 3.63) is 65.2 Å². The van der Waals surface area contributed by atoms with Crippen LogP contribution in [0.3, 0.4) is 0 Å². The number of hydrogen-bond acceptors (Lipinski definition) is 5. The highest BCUT2D eigenvalue weighted by Crippen LogP contribution is 2.24. The smallest absolute Gasteiger partial charge is 0.254 e. The summed E-state index contributed by atoms with van der Waals surface area (Å²) in [5.41, 5.74) is 0.910. The SMILES string of the molecule is CCOc1ccc2nc(NCCCNC(=O)c3ccc(F)cc3F)c(C#N)cc2c1. The van der Waals surface area contributed by atoms with Crippen LogP contribution >= 0.6 is 0 Å². The lowest BCUT2D eigenvalue weighted by atomic mass is 10.1. The van der Waals surface area contributed by atoms with Gasteiger partial charge in [-0.25, -0.2) is 13.8 Å². The van der Waals surface area contributed by atoms with Crippen LogP contribution < -0.4 is 15.4 Å². The molecule has 6 nitrogen and oxygen atoms in total. The zero-order valence-electron chi connectivity index (χ0n) is 16.3. The number of carbonyl (C=O) groups is 1. The molecule has 3 aromatic rings. The third kappa shape index (κ3) is 5.00. The number of carbonyl (C=O) groups excluding carboxylic acids is 1. The van der Waals surface area contributed by atoms with Crippen molar-refractivity contribution in [3.63, 3.8) is 0 Å². The lowest BCUT2D eigenvalue weighted by molar-refractivity contribution is 0.0949. The Morgan fingerprint density at radius 1 is 1.17 bits per heavy atom. The minimum atomic E-state index is -0.905. The average Bonchev–Trinajstić information content (AvgIpc) is 2.73. The van der Waals surface area contributed by atoms with Crippen molar-refractivity contribution in [1.82, 2.24) is 10.3 Å². The molecule has 0 bridgehead atoms. The minimum absolute atomic E-state index is 0.209. The average molecular weight is 410 g/mol. The highest BCUT2D eigenvalue weighted by atomic mass is 19.1. The van der Waals surface area contributed by atoms with Crippen LogP contribution in [0.5, 0.6) is 5.75 Å². The van der Waals surface area contributed by atoms with Crippen LogP contribution in [-0.2, 0) is 0 Å². The van der Waals surface area contributed by atoms with E-state index in [1.807, 2.05) is 25.1 Å². The van der Waals surface area contributed by atoms with Crippen LogP contribution in [0.15, 0.2) is 42.5 Å². The maximum absolute atomic E-state index is 13.6. The number of fused-ring (bicyclic) bond motifs is 1. The van der Waals surface area contributed by atoms with E-state index in [1.54, 1.807) is 6.07 Å². The van der Waals surface area contributed by atoms with E-state index in [-0.39, 0.29) is 12.1 Å². The Balaban J connectivity index is 1.57. The maximum atomic E-state index is 13.6. The first-order chi connectivity index (χ1) is 14.5. The normalized spacial score (nSPS) is 10.5. The summed E-state index contributed by atoms with van der Waals surface area (Å²) in [6.45, 7) is 3.16. The Kier molecular flexibility index (Phi) is 6.75. The number of nitrogens with one attached hydrogen (secondary N) is 2. The fraction of sp³-hybridized carbons (Fsp3) is 0.227. The van der Waals surface area contributed by atoms with E-state index in [0.717, 1.165) is 23.0 Å². The summed E-state index contributed by atoms with van der Waals surface area (Å²) in [4.78, 5) is 16.5. The molecule has 0 fully saturated rings. The molecule has 0 aliphatic carbocycles. The molecule has 0 spiro atoms. The highest BCUT2D eigenvalue weighted by molar-refractivity contribution is 5.94. The summed E-state index contributed by atoms with van der Waals surface area (Å²) in [7, 11) is 0. The number of pyridine rings is 1. The van der Waals surface area contributed by atoms with Gasteiger partial charge in [-0.05, 0) is 49.7 Å². The Morgan fingerprint density at radius 3 is 2.73 bits per heavy atom. The summed E-state index contributed by atoms with van der Waals surface area (Å²) in [5, 5.41) is 15.9. The van der Waals surface area contributed by atoms with Gasteiger partial charge < -0.3 is 15.4 Å². The fourth-order valence-corrected chi connectivity index (χ4v) is 2.90. The number of rotatable bonds is 8. The second-order valence-corrected chi connectivity index (χ2v) is 6.44. The Hall–Kier alpha value is -3.73. The van der Waals surface area contributed by atoms with E-state index in [1.165, 1.54) is 0 Å². The molecule has 3 rings (SSSR count). The zero-order valence-corrected chi connectivity index (χ0v) is 16.3. The Morgan fingerprint density at radius 2 is 2.00 bits per heavy atom. The van der Waals surface area contributed by atoms with Crippen molar-refractivity contribution in [1.29, 1.82) is 5.26 Å². The Bertz CT molecular complexity index is 1110. The zero-order chi connectivity index (χ0) is 21.5. The summed E-state index contributed by atoms with van der Waals surface area (Å²) in [6.07, 6.45) is 0.516. The molecule has 30 heavy (non-hydrogen) atoms. The highest BCUT2D eigenvalue weighted by Gasteiger charge is 2.12. The van der Waals surface area contributed by atoms with Gasteiger partial charge in [0.2, 0.25) is 0 Å². The molecule has 0 unspecified atom stereocenters. The quantitative estimate of drug-likeness (QED) is 0.548. The first kappa shape index (κ1) is 21.0. The molecule has 0 atom stereocenters. The molecular weight excluding hydrogens is 390 g/mol. The molecule has 2 aromatic carbocycles. The number of amides is 1. The molecule has 0 saturated heterocycles. The van der Waals surface area contributed by atoms with Crippen molar-refractivity contribution < 1.29 is 18.3 Å². The number of anilines is 1. The third-order valence-electron chi connectivity index (χ3n) is 4.32. The molecule has 2 N–H and O–H groups in total. The van der Waals surface area contributed by atoms with Gasteiger partial charge in [-0.1, -0.05) is 0 Å². The monoisotopic (exact) mass is 410 g/mol. The van der Waals surface area contributed by atoms with Gasteiger partial charge in [-0.2, -0.15) is 5.26 Å². The summed E-state index contributed by atoms with van der Waals surface area (Å²) in [5.74, 6) is -1.09. The molecule has 1 heterocycles. The molecule has 0 radical (unpaired) electrons. The molecule has 0 aliphatic rings. The van der Waals surface area contributed by atoms with Gasteiger partial charge in [0, 0.05) is 24.5 Å². The van der Waals surface area contributed by atoms with Crippen molar-refractivity contribution >= 4 is 22.6 Å². The second-order valence-electron chi connectivity index (χ2n) is 6.44. The molecule has 8 heteroatoms. The van der Waals surface area contributed by atoms with Crippen LogP contribution in [0.25, 0.3) is 10.9 Å². The van der Waals surface area contributed by atoms with Gasteiger partial charge in [0.25, 0.3) is 5.91 Å². The van der Waals surface area contributed by atoms with E-state index >= 15 is 0 Å². The summed E-state index contributed by atoms with van der Waals surface area (Å²) >= 11 is 0. The number of nitrogens with zero attached hydrogens (tertiary/aromatic N) is 2. The van der Waals surface area contributed by atoms with Crippen LogP contribution in [0.2, 0.25) is 0 Å². The van der Waals surface area contributed by atoms with E-state index in [9.17, 15) is 18.8 Å². The molecule has 1 aromatic heterocycles. The fourth-order valence-electron chi connectivity index (χ4n) is 2.90. The van der Waals surface area contributed by atoms with E-state index < -0.39 is 17.5 Å². The van der Waals surface area contributed by atoms with E-state index in [2.05, 4.69) is 21.7 Å². The number of aromatic nitrogens is 1. The predicted octanol–water partition coefficient (Wildman–Crippen LogP) is 4.02. The second kappa shape index (κ2) is 9.65. The number of nitriles is 1. The van der Waals surface area contributed by atoms with Crippen LogP contribution in [-0.4, -0.2) is 30.6 Å². The van der Waals surface area contributed by atoms with Crippen LogP contribution in [0.1, 0.15) is 29.3 Å². The van der Waals surface area contributed by atoms with Gasteiger partial charge in [0.05, 0.1) is 23.3 Å². The van der Waals surface area contributed by atoms with Gasteiger partial charge in [0.15, 0.2) is 0 Å². The van der Waals surface area contributed by atoms with Crippen molar-refractivity contribution in [2.24, 2.45) is 0 Å². The van der Waals surface area contributed by atoms with Crippen molar-refractivity contribution in [2.45, 2.75) is 13.3 Å².